The smallest absolute Gasteiger partial charge is 0.335 e. The van der Waals surface area contributed by atoms with Crippen LogP contribution in [0.1, 0.15) is 6.92 Å². The number of aliphatic hydroxyl groups excluding tert-OH is 1. The van der Waals surface area contributed by atoms with Gasteiger partial charge in [0.25, 0.3) is 0 Å². The quantitative estimate of drug-likeness (QED) is 0.407. The average Bonchev–Trinajstić information content (AvgIpc) is 2.09. The van der Waals surface area contributed by atoms with Crippen molar-refractivity contribution in [3.05, 3.63) is 0 Å². The van der Waals surface area contributed by atoms with Crippen LogP contribution in [0.2, 0.25) is 0 Å². The second kappa shape index (κ2) is 9.41. The Morgan fingerprint density at radius 2 is 1.69 bits per heavy atom. The number of hydrogen-bond donors (Lipinski definition) is 1. The minimum absolute atomic E-state index is 0.322. The molecule has 0 aromatic heterocycles. The van der Waals surface area contributed by atoms with Crippen LogP contribution in [0.15, 0.2) is 0 Å². The lowest BCUT2D eigenvalue weighted by atomic mass is 10.8. The van der Waals surface area contributed by atoms with E-state index < -0.39 is 14.9 Å². The molecular formula is C6H13Cl2O4P. The lowest BCUT2D eigenvalue weighted by molar-refractivity contribution is -0.0180. The molecule has 0 fully saturated rings. The molecule has 0 saturated heterocycles. The van der Waals surface area contributed by atoms with Crippen molar-refractivity contribution in [2.45, 2.75) is 13.2 Å². The molecule has 1 atom stereocenters. The van der Waals surface area contributed by atoms with Gasteiger partial charge in [0.1, 0.15) is 0 Å². The molecule has 0 aliphatic heterocycles. The summed E-state index contributed by atoms with van der Waals surface area (Å²) >= 11 is 10.8. The largest absolute Gasteiger partial charge is 0.368 e. The van der Waals surface area contributed by atoms with Crippen LogP contribution in [-0.2, 0) is 13.6 Å². The number of aliphatic hydroxyl groups is 1. The van der Waals surface area contributed by atoms with Gasteiger partial charge in [-0.2, -0.15) is 0 Å². The summed E-state index contributed by atoms with van der Waals surface area (Å²) in [4.78, 5) is 0. The maximum absolute atomic E-state index is 8.89. The molecule has 0 aromatic carbocycles. The molecule has 7 heteroatoms. The average molecular weight is 251 g/mol. The summed E-state index contributed by atoms with van der Waals surface area (Å²) in [7, 11) is -1.53. The van der Waals surface area contributed by atoms with Crippen molar-refractivity contribution in [3.63, 3.8) is 0 Å². The minimum Gasteiger partial charge on any atom is -0.368 e. The summed E-state index contributed by atoms with van der Waals surface area (Å²) in [6.45, 7) is 2.12. The summed E-state index contributed by atoms with van der Waals surface area (Å²) in [5, 5.41) is 8.89. The van der Waals surface area contributed by atoms with Gasteiger partial charge in [-0.1, -0.05) is 0 Å². The lowest BCUT2D eigenvalue weighted by Crippen LogP contribution is -2.07. The Morgan fingerprint density at radius 1 is 1.23 bits per heavy atom. The van der Waals surface area contributed by atoms with Gasteiger partial charge in [0.15, 0.2) is 6.29 Å². The Hall–Kier alpha value is 0.850. The highest BCUT2D eigenvalue weighted by atomic mass is 35.5. The van der Waals surface area contributed by atoms with E-state index in [2.05, 4.69) is 0 Å². The van der Waals surface area contributed by atoms with Gasteiger partial charge in [0.2, 0.25) is 0 Å². The summed E-state index contributed by atoms with van der Waals surface area (Å²) in [5.41, 5.74) is 0. The molecular weight excluding hydrogens is 238 g/mol. The maximum Gasteiger partial charge on any atom is 0.335 e. The van der Waals surface area contributed by atoms with Crippen molar-refractivity contribution < 1.29 is 18.7 Å². The predicted molar refractivity (Wildman–Crippen MR) is 53.0 cm³/mol. The van der Waals surface area contributed by atoms with E-state index in [1.807, 2.05) is 0 Å². The third-order valence-electron chi connectivity index (χ3n) is 0.786. The summed E-state index contributed by atoms with van der Waals surface area (Å²) in [5.74, 6) is 0.707. The number of rotatable bonds is 8. The standard InChI is InChI=1S/C6H13Cl2O4P/c1-6(9)12-13(10-4-2-7)11-5-3-8/h6,9H,2-5H2,1H3. The van der Waals surface area contributed by atoms with Crippen LogP contribution in [0.4, 0.5) is 0 Å². The zero-order valence-corrected chi connectivity index (χ0v) is 9.69. The van der Waals surface area contributed by atoms with E-state index >= 15 is 0 Å². The Labute approximate surface area is 89.1 Å². The van der Waals surface area contributed by atoms with E-state index in [1.165, 1.54) is 6.92 Å². The molecule has 0 saturated carbocycles. The second-order valence-electron chi connectivity index (χ2n) is 1.97. The van der Waals surface area contributed by atoms with Crippen LogP contribution in [0.25, 0.3) is 0 Å². The van der Waals surface area contributed by atoms with Crippen LogP contribution in [0.3, 0.4) is 0 Å². The molecule has 0 rings (SSSR count). The first-order valence-electron chi connectivity index (χ1n) is 3.73. The molecule has 1 N–H and O–H groups in total. The van der Waals surface area contributed by atoms with E-state index in [0.717, 1.165) is 0 Å². The highest BCUT2D eigenvalue weighted by molar-refractivity contribution is 7.41. The van der Waals surface area contributed by atoms with E-state index in [4.69, 9.17) is 41.9 Å². The van der Waals surface area contributed by atoms with Gasteiger partial charge in [-0.15, -0.1) is 23.2 Å². The van der Waals surface area contributed by atoms with Crippen LogP contribution >= 0.6 is 31.8 Å². The highest BCUT2D eigenvalue weighted by Crippen LogP contribution is 2.40. The fourth-order valence-corrected chi connectivity index (χ4v) is 1.74. The lowest BCUT2D eigenvalue weighted by Gasteiger charge is -2.16. The predicted octanol–water partition coefficient (Wildman–Crippen LogP) is 2.08. The van der Waals surface area contributed by atoms with Gasteiger partial charge in [-0.3, -0.25) is 4.52 Å². The van der Waals surface area contributed by atoms with Crippen molar-refractivity contribution in [3.8, 4) is 0 Å². The number of halogens is 2. The molecule has 0 aliphatic rings. The Bertz CT molecular complexity index is 109. The summed E-state index contributed by atoms with van der Waals surface area (Å²) < 4.78 is 15.1. The van der Waals surface area contributed by atoms with E-state index in [9.17, 15) is 0 Å². The highest BCUT2D eigenvalue weighted by Gasteiger charge is 2.14. The van der Waals surface area contributed by atoms with Gasteiger partial charge in [-0.05, 0) is 6.92 Å². The van der Waals surface area contributed by atoms with Crippen LogP contribution in [-0.4, -0.2) is 36.4 Å². The van der Waals surface area contributed by atoms with Crippen LogP contribution in [0.5, 0.6) is 0 Å². The molecule has 80 valence electrons. The normalized spacial score (nSPS) is 13.6. The third kappa shape index (κ3) is 9.16. The van der Waals surface area contributed by atoms with Crippen molar-refractivity contribution in [1.29, 1.82) is 0 Å². The van der Waals surface area contributed by atoms with E-state index in [0.29, 0.717) is 25.0 Å². The summed E-state index contributed by atoms with van der Waals surface area (Å²) in [6.07, 6.45) is -0.920. The number of hydrogen-bond acceptors (Lipinski definition) is 4. The topological polar surface area (TPSA) is 47.9 Å². The first kappa shape index (κ1) is 13.8. The Morgan fingerprint density at radius 3 is 2.00 bits per heavy atom. The Balaban J connectivity index is 3.60. The molecule has 0 radical (unpaired) electrons. The van der Waals surface area contributed by atoms with Gasteiger partial charge < -0.3 is 14.2 Å². The second-order valence-corrected chi connectivity index (χ2v) is 3.90. The molecule has 0 amide bonds. The SMILES string of the molecule is CC(O)OP(OCCCl)OCCCl. The first-order chi connectivity index (χ1) is 6.20. The molecule has 0 aliphatic carbocycles. The van der Waals surface area contributed by atoms with Crippen molar-refractivity contribution >= 4 is 31.8 Å². The Kier molecular flexibility index (Phi) is 10.0. The van der Waals surface area contributed by atoms with E-state index in [1.54, 1.807) is 0 Å². The van der Waals surface area contributed by atoms with Crippen LogP contribution in [0, 0.1) is 0 Å². The van der Waals surface area contributed by atoms with Crippen LogP contribution < -0.4 is 0 Å². The number of alkyl halides is 2. The van der Waals surface area contributed by atoms with E-state index in [-0.39, 0.29) is 0 Å². The fourth-order valence-electron chi connectivity index (χ4n) is 0.441. The van der Waals surface area contributed by atoms with Gasteiger partial charge in [0, 0.05) is 11.8 Å². The van der Waals surface area contributed by atoms with Crippen molar-refractivity contribution in [2.24, 2.45) is 0 Å². The van der Waals surface area contributed by atoms with Gasteiger partial charge in [0.05, 0.1) is 13.2 Å². The maximum atomic E-state index is 8.89. The minimum atomic E-state index is -1.53. The molecule has 0 heterocycles. The van der Waals surface area contributed by atoms with Crippen molar-refractivity contribution in [2.75, 3.05) is 25.0 Å². The zero-order valence-electron chi connectivity index (χ0n) is 7.28. The monoisotopic (exact) mass is 250 g/mol. The molecule has 4 nitrogen and oxygen atoms in total. The first-order valence-corrected chi connectivity index (χ1v) is 5.90. The molecule has 0 bridgehead atoms. The van der Waals surface area contributed by atoms with Gasteiger partial charge in [-0.25, -0.2) is 0 Å². The fraction of sp³-hybridized carbons (Fsp3) is 1.00. The van der Waals surface area contributed by atoms with Gasteiger partial charge >= 0.3 is 8.60 Å². The van der Waals surface area contributed by atoms with Crippen molar-refractivity contribution in [1.82, 2.24) is 0 Å². The molecule has 1 unspecified atom stereocenters. The molecule has 0 aromatic rings. The molecule has 0 spiro atoms. The molecule has 13 heavy (non-hydrogen) atoms. The summed E-state index contributed by atoms with van der Waals surface area (Å²) in [6, 6.07) is 0. The third-order valence-corrected chi connectivity index (χ3v) is 2.36. The zero-order chi connectivity index (χ0) is 10.1.